The molecular weight excluding hydrogens is 287 g/mol. The van der Waals surface area contributed by atoms with E-state index in [0.29, 0.717) is 0 Å². The number of nitrogens with one attached hydrogen (secondary N) is 1. The van der Waals surface area contributed by atoms with E-state index in [1.807, 2.05) is 0 Å². The Morgan fingerprint density at radius 3 is 2.62 bits per heavy atom. The van der Waals surface area contributed by atoms with Crippen LogP contribution in [0.4, 0.5) is 13.2 Å². The number of halogens is 4. The fraction of sp³-hybridized carbons (Fsp3) is 0.111. The van der Waals surface area contributed by atoms with Gasteiger partial charge in [0.05, 0.1) is 17.1 Å². The summed E-state index contributed by atoms with van der Waals surface area (Å²) >= 11 is 2.96. The first-order valence-corrected chi connectivity index (χ1v) is 4.88. The predicted molar refractivity (Wildman–Crippen MR) is 53.5 cm³/mol. The number of aromatic amines is 1. The molecule has 2 rings (SSSR count). The third kappa shape index (κ3) is 1.65. The van der Waals surface area contributed by atoms with Crippen LogP contribution in [0.1, 0.15) is 11.1 Å². The molecule has 3 nitrogen and oxygen atoms in total. The third-order valence-electron chi connectivity index (χ3n) is 2.03. The molecule has 1 heterocycles. The van der Waals surface area contributed by atoms with Crippen molar-refractivity contribution in [3.8, 4) is 6.07 Å². The molecule has 1 aromatic heterocycles. The minimum atomic E-state index is -4.60. The van der Waals surface area contributed by atoms with Gasteiger partial charge in [-0.1, -0.05) is 0 Å². The molecule has 0 aliphatic heterocycles. The van der Waals surface area contributed by atoms with E-state index in [1.54, 1.807) is 0 Å². The summed E-state index contributed by atoms with van der Waals surface area (Å²) in [5.74, 6) is 0. The molecule has 0 saturated carbocycles. The first kappa shape index (κ1) is 11.0. The Kier molecular flexibility index (Phi) is 2.39. The van der Waals surface area contributed by atoms with Crippen LogP contribution in [0.25, 0.3) is 11.0 Å². The first-order valence-electron chi connectivity index (χ1n) is 4.09. The summed E-state index contributed by atoms with van der Waals surface area (Å²) in [5, 5.41) is 8.65. The molecule has 16 heavy (non-hydrogen) atoms. The normalized spacial score (nSPS) is 11.7. The summed E-state index contributed by atoms with van der Waals surface area (Å²) in [6.07, 6.45) is -4.60. The van der Waals surface area contributed by atoms with Crippen molar-refractivity contribution in [2.24, 2.45) is 0 Å². The highest BCUT2D eigenvalue weighted by Gasteiger charge is 2.36. The number of imidazole rings is 1. The van der Waals surface area contributed by atoms with Gasteiger partial charge in [-0.2, -0.15) is 18.4 Å². The monoisotopic (exact) mass is 289 g/mol. The van der Waals surface area contributed by atoms with Gasteiger partial charge in [-0.05, 0) is 28.1 Å². The second-order valence-corrected chi connectivity index (χ2v) is 3.77. The molecule has 0 aliphatic rings. The summed E-state index contributed by atoms with van der Waals surface area (Å²) in [5.41, 5.74) is -1.45. The quantitative estimate of drug-likeness (QED) is 0.810. The van der Waals surface area contributed by atoms with Crippen molar-refractivity contribution >= 4 is 27.0 Å². The number of nitrogens with zero attached hydrogens (tertiary/aromatic N) is 2. The van der Waals surface area contributed by atoms with Crippen LogP contribution in [0.2, 0.25) is 0 Å². The highest BCUT2D eigenvalue weighted by Crippen LogP contribution is 2.36. The smallest absolute Gasteiger partial charge is 0.332 e. The lowest BCUT2D eigenvalue weighted by atomic mass is 10.1. The standard InChI is InChI=1S/C9H3BrF3N3/c10-8-15-5-2-1-4(3-14)6(7(5)16-8)9(11,12)13/h1-2H,(H,15,16). The van der Waals surface area contributed by atoms with Gasteiger partial charge in [0.1, 0.15) is 11.1 Å². The van der Waals surface area contributed by atoms with Crippen LogP contribution in [0.3, 0.4) is 0 Å². The summed E-state index contributed by atoms with van der Waals surface area (Å²) in [6, 6.07) is 4.02. The Morgan fingerprint density at radius 1 is 1.38 bits per heavy atom. The fourth-order valence-electron chi connectivity index (χ4n) is 1.43. The average molecular weight is 290 g/mol. The Bertz CT molecular complexity index is 594. The molecule has 0 atom stereocenters. The zero-order chi connectivity index (χ0) is 11.9. The summed E-state index contributed by atoms with van der Waals surface area (Å²) < 4.78 is 38.5. The van der Waals surface area contributed by atoms with E-state index >= 15 is 0 Å². The van der Waals surface area contributed by atoms with Crippen LogP contribution >= 0.6 is 15.9 Å². The predicted octanol–water partition coefficient (Wildman–Crippen LogP) is 3.22. The lowest BCUT2D eigenvalue weighted by molar-refractivity contribution is -0.136. The minimum absolute atomic E-state index is 0.197. The van der Waals surface area contributed by atoms with Crippen LogP contribution in [-0.4, -0.2) is 9.97 Å². The summed E-state index contributed by atoms with van der Waals surface area (Å²) in [6.45, 7) is 0. The maximum absolute atomic E-state index is 12.8. The van der Waals surface area contributed by atoms with Gasteiger partial charge >= 0.3 is 6.18 Å². The Morgan fingerprint density at radius 2 is 2.06 bits per heavy atom. The summed E-state index contributed by atoms with van der Waals surface area (Å²) in [4.78, 5) is 6.30. The van der Waals surface area contributed by atoms with Crippen LogP contribution in [0.15, 0.2) is 16.9 Å². The molecule has 0 unspecified atom stereocenters. The van der Waals surface area contributed by atoms with Crippen molar-refractivity contribution in [1.29, 1.82) is 5.26 Å². The van der Waals surface area contributed by atoms with Gasteiger partial charge in [-0.15, -0.1) is 0 Å². The lowest BCUT2D eigenvalue weighted by Crippen LogP contribution is -2.08. The first-order chi connectivity index (χ1) is 7.43. The van der Waals surface area contributed by atoms with E-state index in [4.69, 9.17) is 5.26 Å². The minimum Gasteiger partial charge on any atom is -0.332 e. The molecule has 0 saturated heterocycles. The molecule has 0 spiro atoms. The molecule has 0 radical (unpaired) electrons. The van der Waals surface area contributed by atoms with E-state index in [0.717, 1.165) is 6.07 Å². The van der Waals surface area contributed by atoms with Crippen molar-refractivity contribution in [2.45, 2.75) is 6.18 Å². The Balaban J connectivity index is 2.90. The van der Waals surface area contributed by atoms with Gasteiger partial charge in [0, 0.05) is 0 Å². The van der Waals surface area contributed by atoms with Crippen molar-refractivity contribution in [1.82, 2.24) is 9.97 Å². The SMILES string of the molecule is N#Cc1ccc2[nH]c(Br)nc2c1C(F)(F)F. The van der Waals surface area contributed by atoms with Crippen molar-refractivity contribution in [3.05, 3.63) is 28.0 Å². The van der Waals surface area contributed by atoms with Crippen molar-refractivity contribution < 1.29 is 13.2 Å². The van der Waals surface area contributed by atoms with Gasteiger partial charge in [0.25, 0.3) is 0 Å². The molecule has 7 heteroatoms. The van der Waals surface area contributed by atoms with Crippen molar-refractivity contribution in [3.63, 3.8) is 0 Å². The fourth-order valence-corrected chi connectivity index (χ4v) is 1.82. The number of H-pyrrole nitrogens is 1. The number of benzene rings is 1. The van der Waals surface area contributed by atoms with E-state index in [2.05, 4.69) is 25.9 Å². The van der Waals surface area contributed by atoms with Gasteiger partial charge in [-0.25, -0.2) is 4.98 Å². The number of alkyl halides is 3. The van der Waals surface area contributed by atoms with Gasteiger partial charge < -0.3 is 4.98 Å². The van der Waals surface area contributed by atoms with E-state index < -0.39 is 17.3 Å². The topological polar surface area (TPSA) is 52.5 Å². The summed E-state index contributed by atoms with van der Waals surface area (Å²) in [7, 11) is 0. The molecule has 2 aromatic rings. The van der Waals surface area contributed by atoms with E-state index in [-0.39, 0.29) is 15.8 Å². The third-order valence-corrected chi connectivity index (χ3v) is 2.41. The maximum atomic E-state index is 12.8. The van der Waals surface area contributed by atoms with E-state index in [9.17, 15) is 13.2 Å². The van der Waals surface area contributed by atoms with Gasteiger partial charge in [0.15, 0.2) is 4.73 Å². The van der Waals surface area contributed by atoms with Crippen LogP contribution in [0.5, 0.6) is 0 Å². The van der Waals surface area contributed by atoms with Crippen LogP contribution < -0.4 is 0 Å². The number of hydrogen-bond acceptors (Lipinski definition) is 2. The highest BCUT2D eigenvalue weighted by molar-refractivity contribution is 9.10. The molecule has 0 amide bonds. The number of aromatic nitrogens is 2. The molecule has 0 bridgehead atoms. The Labute approximate surface area is 96.0 Å². The molecular formula is C9H3BrF3N3. The van der Waals surface area contributed by atoms with Crippen LogP contribution in [-0.2, 0) is 6.18 Å². The van der Waals surface area contributed by atoms with Gasteiger partial charge in [-0.3, -0.25) is 0 Å². The second kappa shape index (κ2) is 3.49. The zero-order valence-electron chi connectivity index (χ0n) is 7.56. The molecule has 1 aromatic carbocycles. The molecule has 82 valence electrons. The number of hydrogen-bond donors (Lipinski definition) is 1. The number of fused-ring (bicyclic) bond motifs is 1. The maximum Gasteiger partial charge on any atom is 0.419 e. The largest absolute Gasteiger partial charge is 0.419 e. The van der Waals surface area contributed by atoms with Crippen molar-refractivity contribution in [2.75, 3.05) is 0 Å². The number of nitriles is 1. The average Bonchev–Trinajstić information content (AvgIpc) is 2.54. The second-order valence-electron chi connectivity index (χ2n) is 3.02. The molecule has 1 N–H and O–H groups in total. The van der Waals surface area contributed by atoms with E-state index in [1.165, 1.54) is 12.1 Å². The molecule has 0 fully saturated rings. The zero-order valence-corrected chi connectivity index (χ0v) is 9.15. The highest BCUT2D eigenvalue weighted by atomic mass is 79.9. The Hall–Kier alpha value is -1.55. The number of rotatable bonds is 0. The van der Waals surface area contributed by atoms with Gasteiger partial charge in [0.2, 0.25) is 0 Å². The lowest BCUT2D eigenvalue weighted by Gasteiger charge is -2.08. The van der Waals surface area contributed by atoms with Crippen LogP contribution in [0, 0.1) is 11.3 Å². The molecule has 0 aliphatic carbocycles.